The first-order chi connectivity index (χ1) is 7.11. The molecule has 0 aromatic carbocycles. The van der Waals surface area contributed by atoms with Crippen LogP contribution in [0.4, 0.5) is 0 Å². The first kappa shape index (κ1) is 11.4. The molecule has 2 fully saturated rings. The minimum absolute atomic E-state index is 0.179. The topological polar surface area (TPSA) is 26.3 Å². The second kappa shape index (κ2) is 4.44. The number of rotatable bonds is 3. The number of carbonyl (C=O) groups is 1. The minimum Gasteiger partial charge on any atom is -0.459 e. The smallest absolute Gasteiger partial charge is 0.333 e. The van der Waals surface area contributed by atoms with E-state index in [0.29, 0.717) is 11.5 Å². The maximum absolute atomic E-state index is 11.4. The predicted molar refractivity (Wildman–Crippen MR) is 67.9 cm³/mol. The Morgan fingerprint density at radius 3 is 2.60 bits per heavy atom. The fraction of sp³-hybridized carbons (Fsp3) is 0.750. The van der Waals surface area contributed by atoms with E-state index in [4.69, 9.17) is 4.74 Å². The highest BCUT2D eigenvalue weighted by molar-refractivity contribution is 14.1. The third kappa shape index (κ3) is 2.22. The van der Waals surface area contributed by atoms with Gasteiger partial charge in [0.1, 0.15) is 6.10 Å². The van der Waals surface area contributed by atoms with Crippen LogP contribution in [0.25, 0.3) is 0 Å². The highest BCUT2D eigenvalue weighted by atomic mass is 127. The van der Waals surface area contributed by atoms with Crippen LogP contribution in [0.3, 0.4) is 0 Å². The molecular formula is C12H17IO2. The average Bonchev–Trinajstić information content (AvgIpc) is 2.75. The summed E-state index contributed by atoms with van der Waals surface area (Å²) < 4.78 is 6.71. The van der Waals surface area contributed by atoms with Gasteiger partial charge in [-0.25, -0.2) is 4.79 Å². The SMILES string of the molecule is C=C(C)C(=O)OC1CC2CC1CC2CI. The summed E-state index contributed by atoms with van der Waals surface area (Å²) in [6.45, 7) is 5.33. The monoisotopic (exact) mass is 320 g/mol. The van der Waals surface area contributed by atoms with Gasteiger partial charge in [-0.15, -0.1) is 0 Å². The Bertz CT molecular complexity index is 287. The van der Waals surface area contributed by atoms with Gasteiger partial charge in [-0.3, -0.25) is 0 Å². The number of fused-ring (bicyclic) bond motifs is 2. The molecule has 0 aromatic rings. The lowest BCUT2D eigenvalue weighted by Gasteiger charge is -2.26. The van der Waals surface area contributed by atoms with Crippen molar-refractivity contribution in [3.05, 3.63) is 12.2 Å². The Balaban J connectivity index is 1.89. The minimum atomic E-state index is -0.210. The van der Waals surface area contributed by atoms with Crippen molar-refractivity contribution in [3.8, 4) is 0 Å². The van der Waals surface area contributed by atoms with Crippen LogP contribution in [-0.4, -0.2) is 16.5 Å². The van der Waals surface area contributed by atoms with Crippen LogP contribution < -0.4 is 0 Å². The summed E-state index contributed by atoms with van der Waals surface area (Å²) in [6, 6.07) is 0. The fourth-order valence-corrected chi connectivity index (χ4v) is 3.99. The first-order valence-corrected chi connectivity index (χ1v) is 7.06. The lowest BCUT2D eigenvalue weighted by atomic mass is 9.89. The van der Waals surface area contributed by atoms with E-state index in [2.05, 4.69) is 29.2 Å². The normalized spacial score (nSPS) is 38.0. The molecule has 0 radical (unpaired) electrons. The molecule has 2 nitrogen and oxygen atoms in total. The van der Waals surface area contributed by atoms with Crippen molar-refractivity contribution in [1.82, 2.24) is 0 Å². The molecule has 0 heterocycles. The van der Waals surface area contributed by atoms with Gasteiger partial charge in [-0.05, 0) is 43.9 Å². The lowest BCUT2D eigenvalue weighted by Crippen LogP contribution is -2.27. The number of carbonyl (C=O) groups excluding carboxylic acids is 1. The molecule has 0 saturated heterocycles. The molecule has 4 atom stereocenters. The molecule has 0 amide bonds. The van der Waals surface area contributed by atoms with Gasteiger partial charge >= 0.3 is 5.97 Å². The highest BCUT2D eigenvalue weighted by Gasteiger charge is 2.46. The van der Waals surface area contributed by atoms with Gasteiger partial charge in [0.2, 0.25) is 0 Å². The standard InChI is InChI=1S/C12H17IO2/c1-7(2)12(14)15-11-5-8-3-9(11)4-10(8)6-13/h8-11H,1,3-6H2,2H3. The molecule has 2 rings (SSSR count). The molecule has 3 heteroatoms. The van der Waals surface area contributed by atoms with Crippen molar-refractivity contribution < 1.29 is 9.53 Å². The maximum atomic E-state index is 11.4. The lowest BCUT2D eigenvalue weighted by molar-refractivity contribution is -0.146. The Labute approximate surface area is 105 Å². The number of alkyl halides is 1. The number of hydrogen-bond acceptors (Lipinski definition) is 2. The molecule has 2 saturated carbocycles. The van der Waals surface area contributed by atoms with Gasteiger partial charge in [-0.1, -0.05) is 29.2 Å². The summed E-state index contributed by atoms with van der Waals surface area (Å²) in [5, 5.41) is 0. The number of esters is 1. The molecular weight excluding hydrogens is 303 g/mol. The van der Waals surface area contributed by atoms with E-state index >= 15 is 0 Å². The van der Waals surface area contributed by atoms with Gasteiger partial charge in [-0.2, -0.15) is 0 Å². The molecule has 84 valence electrons. The molecule has 0 aliphatic heterocycles. The van der Waals surface area contributed by atoms with E-state index in [1.807, 2.05) is 0 Å². The van der Waals surface area contributed by atoms with Gasteiger partial charge < -0.3 is 4.74 Å². The van der Waals surface area contributed by atoms with Crippen LogP contribution >= 0.6 is 22.6 Å². The van der Waals surface area contributed by atoms with Crippen LogP contribution in [0, 0.1) is 17.8 Å². The summed E-state index contributed by atoms with van der Waals surface area (Å²) in [7, 11) is 0. The van der Waals surface area contributed by atoms with Crippen molar-refractivity contribution in [3.63, 3.8) is 0 Å². The third-order valence-corrected chi connectivity index (χ3v) is 4.87. The third-order valence-electron chi connectivity index (χ3n) is 3.74. The van der Waals surface area contributed by atoms with Crippen molar-refractivity contribution in [2.75, 3.05) is 4.43 Å². The highest BCUT2D eigenvalue weighted by Crippen LogP contribution is 2.50. The molecule has 15 heavy (non-hydrogen) atoms. The maximum Gasteiger partial charge on any atom is 0.333 e. The van der Waals surface area contributed by atoms with Crippen molar-refractivity contribution >= 4 is 28.6 Å². The molecule has 0 aromatic heterocycles. The fourth-order valence-electron chi connectivity index (χ4n) is 2.91. The summed E-state index contributed by atoms with van der Waals surface area (Å²) in [4.78, 5) is 11.4. The summed E-state index contributed by atoms with van der Waals surface area (Å²) >= 11 is 2.47. The molecule has 4 unspecified atom stereocenters. The zero-order valence-corrected chi connectivity index (χ0v) is 11.2. The van der Waals surface area contributed by atoms with Crippen LogP contribution in [-0.2, 0) is 9.53 Å². The Hall–Kier alpha value is -0.0600. The van der Waals surface area contributed by atoms with Crippen LogP contribution in [0.5, 0.6) is 0 Å². The molecule has 2 bridgehead atoms. The zero-order chi connectivity index (χ0) is 11.0. The van der Waals surface area contributed by atoms with Crippen molar-refractivity contribution in [2.45, 2.75) is 32.3 Å². The average molecular weight is 320 g/mol. The van der Waals surface area contributed by atoms with Crippen molar-refractivity contribution in [2.24, 2.45) is 17.8 Å². The Kier molecular flexibility index (Phi) is 3.38. The molecule has 0 spiro atoms. The van der Waals surface area contributed by atoms with Gasteiger partial charge in [0, 0.05) is 10.0 Å². The first-order valence-electron chi connectivity index (χ1n) is 5.54. The van der Waals surface area contributed by atoms with Crippen LogP contribution in [0.2, 0.25) is 0 Å². The van der Waals surface area contributed by atoms with Gasteiger partial charge in [0.25, 0.3) is 0 Å². The quantitative estimate of drug-likeness (QED) is 0.346. The number of ether oxygens (including phenoxy) is 1. The zero-order valence-electron chi connectivity index (χ0n) is 9.04. The largest absolute Gasteiger partial charge is 0.459 e. The summed E-state index contributed by atoms with van der Waals surface area (Å²) in [5.41, 5.74) is 0.517. The Morgan fingerprint density at radius 2 is 2.13 bits per heavy atom. The van der Waals surface area contributed by atoms with E-state index in [0.717, 1.165) is 18.3 Å². The van der Waals surface area contributed by atoms with E-state index in [1.54, 1.807) is 6.92 Å². The van der Waals surface area contributed by atoms with Crippen LogP contribution in [0.15, 0.2) is 12.2 Å². The number of hydrogen-bond donors (Lipinski definition) is 0. The Morgan fingerprint density at radius 1 is 1.40 bits per heavy atom. The van der Waals surface area contributed by atoms with Crippen LogP contribution in [0.1, 0.15) is 26.2 Å². The number of halogens is 1. The second-order valence-electron chi connectivity index (χ2n) is 4.87. The summed E-state index contributed by atoms with van der Waals surface area (Å²) in [5.74, 6) is 2.09. The summed E-state index contributed by atoms with van der Waals surface area (Å²) in [6.07, 6.45) is 3.78. The predicted octanol–water partition coefficient (Wildman–Crippen LogP) is 2.96. The van der Waals surface area contributed by atoms with Crippen molar-refractivity contribution in [1.29, 1.82) is 0 Å². The molecule has 0 N–H and O–H groups in total. The second-order valence-corrected chi connectivity index (χ2v) is 5.75. The van der Waals surface area contributed by atoms with E-state index < -0.39 is 0 Å². The van der Waals surface area contributed by atoms with Gasteiger partial charge in [0.15, 0.2) is 0 Å². The van der Waals surface area contributed by atoms with Gasteiger partial charge in [0.05, 0.1) is 0 Å². The molecule has 2 aliphatic carbocycles. The van der Waals surface area contributed by atoms with E-state index in [9.17, 15) is 4.79 Å². The molecule has 2 aliphatic rings. The van der Waals surface area contributed by atoms with E-state index in [-0.39, 0.29) is 12.1 Å². The van der Waals surface area contributed by atoms with E-state index in [1.165, 1.54) is 17.3 Å².